The summed E-state index contributed by atoms with van der Waals surface area (Å²) in [5.41, 5.74) is 3.49. The number of nitrogens with one attached hydrogen (secondary N) is 2. The number of para-hydroxylation sites is 1. The van der Waals surface area contributed by atoms with Gasteiger partial charge >= 0.3 is 6.09 Å². The van der Waals surface area contributed by atoms with E-state index in [0.29, 0.717) is 12.2 Å². The zero-order valence-corrected chi connectivity index (χ0v) is 22.5. The lowest BCUT2D eigenvalue weighted by molar-refractivity contribution is 0.0488. The Kier molecular flexibility index (Phi) is 7.15. The number of ether oxygens (including phenoxy) is 2. The first-order valence-corrected chi connectivity index (χ1v) is 13.2. The average molecular weight is 527 g/mol. The minimum absolute atomic E-state index is 0.251. The van der Waals surface area contributed by atoms with E-state index in [9.17, 15) is 4.79 Å². The lowest BCUT2D eigenvalue weighted by Crippen LogP contribution is -2.43. The van der Waals surface area contributed by atoms with Gasteiger partial charge in [0.25, 0.3) is 0 Å². The molecule has 4 aromatic heterocycles. The number of fused-ring (bicyclic) bond motifs is 2. The summed E-state index contributed by atoms with van der Waals surface area (Å²) in [5, 5.41) is 5.22. The molecule has 1 atom stereocenters. The number of carbonyl (C=O) groups is 1. The average Bonchev–Trinajstić information content (AvgIpc) is 3.51. The van der Waals surface area contributed by atoms with Crippen LogP contribution in [0.25, 0.3) is 37.5 Å². The lowest BCUT2D eigenvalue weighted by Gasteiger charge is -2.24. The van der Waals surface area contributed by atoms with E-state index in [2.05, 4.69) is 39.0 Å². The minimum Gasteiger partial charge on any atom is -0.490 e. The lowest BCUT2D eigenvalue weighted by atomic mass is 10.1. The third kappa shape index (κ3) is 5.86. The molecule has 0 saturated carbocycles. The van der Waals surface area contributed by atoms with Crippen LogP contribution in [0.3, 0.4) is 0 Å². The van der Waals surface area contributed by atoms with Crippen LogP contribution < -0.4 is 10.1 Å². The van der Waals surface area contributed by atoms with Crippen molar-refractivity contribution in [3.63, 3.8) is 0 Å². The third-order valence-electron chi connectivity index (χ3n) is 6.01. The molecule has 5 aromatic rings. The van der Waals surface area contributed by atoms with Crippen LogP contribution in [0.15, 0.2) is 74.0 Å². The van der Waals surface area contributed by atoms with E-state index in [1.54, 1.807) is 17.5 Å². The highest BCUT2D eigenvalue weighted by atomic mass is 32.1. The van der Waals surface area contributed by atoms with Crippen molar-refractivity contribution >= 4 is 44.5 Å². The predicted octanol–water partition coefficient (Wildman–Crippen LogP) is 7.00. The summed E-state index contributed by atoms with van der Waals surface area (Å²) in [6, 6.07) is 11.9. The van der Waals surface area contributed by atoms with Gasteiger partial charge in [-0.3, -0.25) is 9.97 Å². The molecular weight excluding hydrogens is 496 g/mol. The van der Waals surface area contributed by atoms with E-state index < -0.39 is 11.7 Å². The summed E-state index contributed by atoms with van der Waals surface area (Å²) in [6.45, 7) is 9.68. The number of nitrogens with zero attached hydrogens (tertiary/aromatic N) is 2. The second-order valence-electron chi connectivity index (χ2n) is 10.1. The van der Waals surface area contributed by atoms with Crippen molar-refractivity contribution in [1.82, 2.24) is 20.3 Å². The molecule has 5 rings (SSSR count). The highest BCUT2D eigenvalue weighted by Gasteiger charge is 2.21. The quantitative estimate of drug-likeness (QED) is 0.227. The molecule has 0 aliphatic rings. The van der Waals surface area contributed by atoms with Crippen molar-refractivity contribution in [2.24, 2.45) is 0 Å². The summed E-state index contributed by atoms with van der Waals surface area (Å²) in [5.74, 6) is 0.622. The molecule has 0 fully saturated rings. The van der Waals surface area contributed by atoms with Crippen LogP contribution in [0.5, 0.6) is 5.75 Å². The van der Waals surface area contributed by atoms with Crippen LogP contribution in [0, 0.1) is 0 Å². The molecule has 0 radical (unpaired) electrons. The zero-order valence-electron chi connectivity index (χ0n) is 21.7. The zero-order chi connectivity index (χ0) is 26.7. The first-order valence-electron chi connectivity index (χ1n) is 12.4. The van der Waals surface area contributed by atoms with Gasteiger partial charge < -0.3 is 19.8 Å². The van der Waals surface area contributed by atoms with Crippen LogP contribution in [-0.2, 0) is 11.2 Å². The van der Waals surface area contributed by atoms with Gasteiger partial charge in [-0.05, 0) is 51.0 Å². The van der Waals surface area contributed by atoms with Gasteiger partial charge in [0.1, 0.15) is 18.0 Å². The van der Waals surface area contributed by atoms with E-state index >= 15 is 0 Å². The fourth-order valence-electron chi connectivity index (χ4n) is 4.31. The molecule has 0 aliphatic heterocycles. The fraction of sp³-hybridized carbons (Fsp3) is 0.233. The number of hydrogen-bond donors (Lipinski definition) is 2. The second kappa shape index (κ2) is 10.7. The molecule has 1 unspecified atom stereocenters. The number of alkyl carbamates (subject to hydrolysis) is 1. The predicted molar refractivity (Wildman–Crippen MR) is 154 cm³/mol. The molecular formula is C30H30N4O3S. The number of hydrogen-bond acceptors (Lipinski definition) is 6. The van der Waals surface area contributed by atoms with Gasteiger partial charge in [0.2, 0.25) is 0 Å². The van der Waals surface area contributed by atoms with Crippen molar-refractivity contribution in [2.45, 2.75) is 38.8 Å². The fourth-order valence-corrected chi connectivity index (χ4v) is 5.35. The van der Waals surface area contributed by atoms with Crippen molar-refractivity contribution in [3.8, 4) is 16.2 Å². The first kappa shape index (κ1) is 25.5. The van der Waals surface area contributed by atoms with E-state index in [1.807, 2.05) is 75.9 Å². The normalized spacial score (nSPS) is 12.4. The SMILES string of the molecule is C=Cc1cncc2sc(-c3cncc(OCC(Cc4c[nH]c5ccccc45)NC(=O)OC(C)(C)C)c3)cc12. The number of pyridine rings is 2. The molecule has 0 aliphatic carbocycles. The molecule has 0 bridgehead atoms. The van der Waals surface area contributed by atoms with Gasteiger partial charge in [-0.1, -0.05) is 30.9 Å². The molecule has 7 nitrogen and oxygen atoms in total. The Balaban J connectivity index is 1.35. The number of amides is 1. The van der Waals surface area contributed by atoms with E-state index in [0.717, 1.165) is 42.6 Å². The van der Waals surface area contributed by atoms with Gasteiger partial charge in [0, 0.05) is 57.1 Å². The largest absolute Gasteiger partial charge is 0.490 e. The number of H-pyrrole nitrogens is 1. The molecule has 0 saturated heterocycles. The Morgan fingerprint density at radius 3 is 2.76 bits per heavy atom. The number of aromatic amines is 1. The molecule has 194 valence electrons. The smallest absolute Gasteiger partial charge is 0.408 e. The number of thiophene rings is 1. The Morgan fingerprint density at radius 1 is 1.13 bits per heavy atom. The molecule has 4 heterocycles. The number of benzene rings is 1. The van der Waals surface area contributed by atoms with Crippen LogP contribution in [0.4, 0.5) is 4.79 Å². The van der Waals surface area contributed by atoms with Gasteiger partial charge in [-0.2, -0.15) is 0 Å². The van der Waals surface area contributed by atoms with Crippen LogP contribution in [-0.4, -0.2) is 39.3 Å². The third-order valence-corrected chi connectivity index (χ3v) is 7.13. The molecule has 8 heteroatoms. The molecule has 1 aromatic carbocycles. The van der Waals surface area contributed by atoms with Gasteiger partial charge in [0.05, 0.1) is 16.9 Å². The Labute approximate surface area is 225 Å². The first-order chi connectivity index (χ1) is 18.3. The summed E-state index contributed by atoms with van der Waals surface area (Å²) in [7, 11) is 0. The standard InChI is InChI=1S/C30H30N4O3S/c1-5-19-13-32-17-28-25(19)12-27(38-28)21-11-23(16-31-14-21)36-18-22(34-29(35)37-30(2,3)4)10-20-15-33-26-9-7-6-8-24(20)26/h5-9,11-17,22,33H,1,10,18H2,2-4H3,(H,34,35). The van der Waals surface area contributed by atoms with Gasteiger partial charge in [-0.25, -0.2) is 4.79 Å². The summed E-state index contributed by atoms with van der Waals surface area (Å²) in [6.07, 6.45) is 11.1. The maximum Gasteiger partial charge on any atom is 0.408 e. The van der Waals surface area contributed by atoms with Gasteiger partial charge in [-0.15, -0.1) is 11.3 Å². The Bertz CT molecular complexity index is 1600. The van der Waals surface area contributed by atoms with Crippen molar-refractivity contribution in [3.05, 3.63) is 85.1 Å². The van der Waals surface area contributed by atoms with Crippen molar-refractivity contribution in [2.75, 3.05) is 6.61 Å². The molecule has 2 N–H and O–H groups in total. The number of aromatic nitrogens is 3. The number of rotatable bonds is 8. The summed E-state index contributed by atoms with van der Waals surface area (Å²) < 4.78 is 12.8. The highest BCUT2D eigenvalue weighted by Crippen LogP contribution is 2.35. The summed E-state index contributed by atoms with van der Waals surface area (Å²) in [4.78, 5) is 25.7. The van der Waals surface area contributed by atoms with Crippen LogP contribution >= 0.6 is 11.3 Å². The molecule has 1 amide bonds. The second-order valence-corrected chi connectivity index (χ2v) is 11.2. The van der Waals surface area contributed by atoms with E-state index in [4.69, 9.17) is 9.47 Å². The Morgan fingerprint density at radius 2 is 1.95 bits per heavy atom. The van der Waals surface area contributed by atoms with Crippen LogP contribution in [0.1, 0.15) is 31.9 Å². The Hall–Kier alpha value is -4.17. The topological polar surface area (TPSA) is 89.1 Å². The van der Waals surface area contributed by atoms with E-state index in [1.165, 1.54) is 0 Å². The number of carbonyl (C=O) groups excluding carboxylic acids is 1. The molecule has 38 heavy (non-hydrogen) atoms. The minimum atomic E-state index is -0.597. The highest BCUT2D eigenvalue weighted by molar-refractivity contribution is 7.22. The van der Waals surface area contributed by atoms with Crippen LogP contribution in [0.2, 0.25) is 0 Å². The van der Waals surface area contributed by atoms with Crippen molar-refractivity contribution in [1.29, 1.82) is 0 Å². The van der Waals surface area contributed by atoms with Crippen molar-refractivity contribution < 1.29 is 14.3 Å². The van der Waals surface area contributed by atoms with Gasteiger partial charge in [0.15, 0.2) is 0 Å². The van der Waals surface area contributed by atoms with E-state index in [-0.39, 0.29) is 12.6 Å². The monoisotopic (exact) mass is 526 g/mol. The molecule has 0 spiro atoms. The maximum atomic E-state index is 12.6. The summed E-state index contributed by atoms with van der Waals surface area (Å²) >= 11 is 1.65. The maximum absolute atomic E-state index is 12.6.